The van der Waals surface area contributed by atoms with E-state index in [4.69, 9.17) is 13.9 Å². The van der Waals surface area contributed by atoms with E-state index in [1.165, 1.54) is 4.90 Å². The molecule has 0 bridgehead atoms. The molecule has 0 fully saturated rings. The summed E-state index contributed by atoms with van der Waals surface area (Å²) < 4.78 is 16.2. The second kappa shape index (κ2) is 6.78. The van der Waals surface area contributed by atoms with E-state index < -0.39 is 22.8 Å². The minimum absolute atomic E-state index is 0.0579. The van der Waals surface area contributed by atoms with Gasteiger partial charge in [0.25, 0.3) is 5.76 Å². The highest BCUT2D eigenvalue weighted by Gasteiger charge is 2.41. The van der Waals surface area contributed by atoms with Gasteiger partial charge in [-0.2, -0.15) is 0 Å². The van der Waals surface area contributed by atoms with Crippen LogP contribution in [0.25, 0.3) is 0 Å². The molecule has 7 nitrogen and oxygen atoms in total. The van der Waals surface area contributed by atoms with Crippen LogP contribution >= 0.6 is 0 Å². The molecule has 0 radical (unpaired) electrons. The fourth-order valence-electron chi connectivity index (χ4n) is 2.49. The number of furan rings is 1. The second-order valence-electron chi connectivity index (χ2n) is 8.36. The molecule has 0 saturated heterocycles. The monoisotopic (exact) mass is 365 g/mol. The van der Waals surface area contributed by atoms with Gasteiger partial charge in [0.15, 0.2) is 5.75 Å². The van der Waals surface area contributed by atoms with Crippen molar-refractivity contribution in [3.63, 3.8) is 0 Å². The van der Waals surface area contributed by atoms with Gasteiger partial charge in [-0.05, 0) is 34.1 Å². The molecule has 2 rings (SSSR count). The van der Waals surface area contributed by atoms with Gasteiger partial charge in [0.2, 0.25) is 11.8 Å². The zero-order valence-electron chi connectivity index (χ0n) is 16.5. The maximum Gasteiger partial charge on any atom is 0.378 e. The molecule has 1 amide bonds. The molecule has 0 spiro atoms. The molecule has 1 aromatic heterocycles. The molecule has 26 heavy (non-hydrogen) atoms. The summed E-state index contributed by atoms with van der Waals surface area (Å²) in [5.41, 5.74) is -0.820. The number of carbonyl (C=O) groups excluding carboxylic acids is 3. The summed E-state index contributed by atoms with van der Waals surface area (Å²) in [5, 5.41) is 0. The van der Waals surface area contributed by atoms with Crippen LogP contribution in [0.3, 0.4) is 0 Å². The number of fused-ring (bicyclic) bond motifs is 1. The standard InChI is InChI=1S/C19H27NO6/c1-8-24-15(21)13-12(26-17(23)19(5,6)7)11-9-10-20(14(11)25-13)16(22)18(2,3)4/h8-10H2,1-7H3. The van der Waals surface area contributed by atoms with Gasteiger partial charge in [-0.25, -0.2) is 4.79 Å². The summed E-state index contributed by atoms with van der Waals surface area (Å²) >= 11 is 0. The number of ether oxygens (including phenoxy) is 2. The molecule has 0 aliphatic carbocycles. The molecule has 0 saturated carbocycles. The summed E-state index contributed by atoms with van der Waals surface area (Å²) in [6.45, 7) is 12.8. The van der Waals surface area contributed by atoms with E-state index in [0.29, 0.717) is 18.5 Å². The van der Waals surface area contributed by atoms with Crippen LogP contribution in [0.4, 0.5) is 5.88 Å². The number of amides is 1. The van der Waals surface area contributed by atoms with Crippen LogP contribution in [0, 0.1) is 10.8 Å². The van der Waals surface area contributed by atoms with Crippen molar-refractivity contribution in [2.24, 2.45) is 10.8 Å². The molecule has 144 valence electrons. The third kappa shape index (κ3) is 3.76. The van der Waals surface area contributed by atoms with E-state index in [1.54, 1.807) is 27.7 Å². The summed E-state index contributed by atoms with van der Waals surface area (Å²) in [6, 6.07) is 0. The van der Waals surface area contributed by atoms with Crippen molar-refractivity contribution in [1.29, 1.82) is 0 Å². The van der Waals surface area contributed by atoms with Gasteiger partial charge in [-0.15, -0.1) is 0 Å². The van der Waals surface area contributed by atoms with Crippen molar-refractivity contribution in [3.8, 4) is 5.75 Å². The van der Waals surface area contributed by atoms with Crippen LogP contribution in [-0.2, 0) is 20.7 Å². The number of nitrogens with zero attached hydrogens (tertiary/aromatic N) is 1. The third-order valence-corrected chi connectivity index (χ3v) is 3.92. The van der Waals surface area contributed by atoms with Gasteiger partial charge in [0.05, 0.1) is 17.6 Å². The SMILES string of the molecule is CCOC(=O)c1oc2c(c1OC(=O)C(C)(C)C)CCN2C(=O)C(C)(C)C. The Balaban J connectivity index is 2.49. The average Bonchev–Trinajstić information content (AvgIpc) is 3.05. The molecule has 1 aliphatic heterocycles. The van der Waals surface area contributed by atoms with Crippen LogP contribution in [-0.4, -0.2) is 31.0 Å². The van der Waals surface area contributed by atoms with Gasteiger partial charge in [0, 0.05) is 12.0 Å². The van der Waals surface area contributed by atoms with Crippen molar-refractivity contribution < 1.29 is 28.3 Å². The molecule has 0 N–H and O–H groups in total. The van der Waals surface area contributed by atoms with Crippen molar-refractivity contribution in [2.75, 3.05) is 18.1 Å². The Morgan fingerprint density at radius 2 is 1.69 bits per heavy atom. The van der Waals surface area contributed by atoms with E-state index in [9.17, 15) is 14.4 Å². The molecule has 7 heteroatoms. The lowest BCUT2D eigenvalue weighted by molar-refractivity contribution is -0.143. The molecule has 1 aliphatic rings. The van der Waals surface area contributed by atoms with E-state index in [-0.39, 0.29) is 29.9 Å². The first-order valence-corrected chi connectivity index (χ1v) is 8.75. The molecule has 2 heterocycles. The molecule has 0 aromatic carbocycles. The van der Waals surface area contributed by atoms with Crippen LogP contribution in [0.1, 0.15) is 64.6 Å². The van der Waals surface area contributed by atoms with E-state index >= 15 is 0 Å². The molecule has 1 aromatic rings. The number of anilines is 1. The van der Waals surface area contributed by atoms with Gasteiger partial charge in [0.1, 0.15) is 0 Å². The van der Waals surface area contributed by atoms with Gasteiger partial charge < -0.3 is 13.9 Å². The smallest absolute Gasteiger partial charge is 0.378 e. The van der Waals surface area contributed by atoms with Crippen LogP contribution in [0.2, 0.25) is 0 Å². The fourth-order valence-corrected chi connectivity index (χ4v) is 2.49. The lowest BCUT2D eigenvalue weighted by Crippen LogP contribution is -2.38. The summed E-state index contributed by atoms with van der Waals surface area (Å²) in [4.78, 5) is 38.8. The van der Waals surface area contributed by atoms with E-state index in [1.807, 2.05) is 20.8 Å². The fraction of sp³-hybridized carbons (Fsp3) is 0.632. The first-order valence-electron chi connectivity index (χ1n) is 8.75. The average molecular weight is 365 g/mol. The third-order valence-electron chi connectivity index (χ3n) is 3.92. The Morgan fingerprint density at radius 3 is 2.19 bits per heavy atom. The minimum atomic E-state index is -0.754. The molecular weight excluding hydrogens is 338 g/mol. The first kappa shape index (κ1) is 20.0. The summed E-state index contributed by atoms with van der Waals surface area (Å²) in [5.74, 6) is -1.21. The van der Waals surface area contributed by atoms with Crippen molar-refractivity contribution in [2.45, 2.75) is 54.9 Å². The highest BCUT2D eigenvalue weighted by Crippen LogP contribution is 2.43. The Labute approximate surface area is 153 Å². The van der Waals surface area contributed by atoms with E-state index in [2.05, 4.69) is 0 Å². The lowest BCUT2D eigenvalue weighted by Gasteiger charge is -2.24. The maximum atomic E-state index is 12.7. The van der Waals surface area contributed by atoms with Crippen molar-refractivity contribution in [3.05, 3.63) is 11.3 Å². The Hall–Kier alpha value is -2.31. The zero-order chi connectivity index (χ0) is 19.9. The molecular formula is C19H27NO6. The maximum absolute atomic E-state index is 12.7. The van der Waals surface area contributed by atoms with Crippen LogP contribution < -0.4 is 9.64 Å². The summed E-state index contributed by atoms with van der Waals surface area (Å²) in [6.07, 6.45) is 0.437. The highest BCUT2D eigenvalue weighted by atomic mass is 16.6. The second-order valence-corrected chi connectivity index (χ2v) is 8.36. The normalized spacial score (nSPS) is 14.2. The Kier molecular flexibility index (Phi) is 5.21. The number of esters is 2. The quantitative estimate of drug-likeness (QED) is 0.764. The molecule has 0 unspecified atom stereocenters. The minimum Gasteiger partial charge on any atom is -0.460 e. The molecule has 0 atom stereocenters. The van der Waals surface area contributed by atoms with Gasteiger partial charge >= 0.3 is 11.9 Å². The Bertz CT molecular complexity index is 732. The lowest BCUT2D eigenvalue weighted by atomic mass is 9.95. The topological polar surface area (TPSA) is 86.1 Å². The first-order chi connectivity index (χ1) is 11.9. The number of rotatable bonds is 3. The van der Waals surface area contributed by atoms with Gasteiger partial charge in [-0.3, -0.25) is 14.5 Å². The van der Waals surface area contributed by atoms with Crippen LogP contribution in [0.15, 0.2) is 4.42 Å². The van der Waals surface area contributed by atoms with Crippen molar-refractivity contribution >= 4 is 23.7 Å². The summed E-state index contributed by atoms with van der Waals surface area (Å²) in [7, 11) is 0. The van der Waals surface area contributed by atoms with Crippen molar-refractivity contribution in [1.82, 2.24) is 0 Å². The van der Waals surface area contributed by atoms with Gasteiger partial charge in [-0.1, -0.05) is 20.8 Å². The largest absolute Gasteiger partial charge is 0.460 e. The highest BCUT2D eigenvalue weighted by molar-refractivity contribution is 6.00. The zero-order valence-corrected chi connectivity index (χ0v) is 16.5. The number of hydrogen-bond acceptors (Lipinski definition) is 6. The predicted molar refractivity (Wildman–Crippen MR) is 95.3 cm³/mol. The number of carbonyl (C=O) groups is 3. The Morgan fingerprint density at radius 1 is 1.08 bits per heavy atom. The predicted octanol–water partition coefficient (Wildman–Crippen LogP) is 3.34. The van der Waals surface area contributed by atoms with Crippen LogP contribution in [0.5, 0.6) is 5.75 Å². The number of hydrogen-bond donors (Lipinski definition) is 0. The van der Waals surface area contributed by atoms with E-state index in [0.717, 1.165) is 0 Å².